The second kappa shape index (κ2) is 5.89. The van der Waals surface area contributed by atoms with Crippen LogP contribution in [0.2, 0.25) is 0 Å². The number of morpholine rings is 1. The SMILES string of the molecule is N#CC1CN(C(=O)N(CCC(=O)O)C2CC2)CCO1. The van der Waals surface area contributed by atoms with Gasteiger partial charge in [-0.2, -0.15) is 5.26 Å². The van der Waals surface area contributed by atoms with Gasteiger partial charge in [0.25, 0.3) is 0 Å². The van der Waals surface area contributed by atoms with Crippen molar-refractivity contribution in [2.45, 2.75) is 31.4 Å². The van der Waals surface area contributed by atoms with Crippen molar-refractivity contribution in [3.05, 3.63) is 0 Å². The summed E-state index contributed by atoms with van der Waals surface area (Å²) in [4.78, 5) is 26.2. The summed E-state index contributed by atoms with van der Waals surface area (Å²) in [6.07, 6.45) is 1.22. The van der Waals surface area contributed by atoms with Crippen molar-refractivity contribution in [1.82, 2.24) is 9.80 Å². The molecule has 1 saturated carbocycles. The largest absolute Gasteiger partial charge is 0.481 e. The number of nitrogens with zero attached hydrogens (tertiary/aromatic N) is 3. The smallest absolute Gasteiger partial charge is 0.320 e. The standard InChI is InChI=1S/C12H17N3O4/c13-7-10-8-14(5-6-19-10)12(18)15(9-1-2-9)4-3-11(16)17/h9-10H,1-6,8H2,(H,16,17). The van der Waals surface area contributed by atoms with Gasteiger partial charge < -0.3 is 19.6 Å². The Kier molecular flexibility index (Phi) is 4.22. The molecule has 2 fully saturated rings. The minimum atomic E-state index is -0.907. The summed E-state index contributed by atoms with van der Waals surface area (Å²) in [5.41, 5.74) is 0. The van der Waals surface area contributed by atoms with Gasteiger partial charge in [-0.25, -0.2) is 4.79 Å². The Bertz CT molecular complexity index is 402. The van der Waals surface area contributed by atoms with E-state index in [4.69, 9.17) is 15.1 Å². The zero-order valence-electron chi connectivity index (χ0n) is 10.6. The van der Waals surface area contributed by atoms with Gasteiger partial charge in [-0.15, -0.1) is 0 Å². The lowest BCUT2D eigenvalue weighted by molar-refractivity contribution is -0.137. The van der Waals surface area contributed by atoms with Crippen molar-refractivity contribution >= 4 is 12.0 Å². The van der Waals surface area contributed by atoms with Crippen LogP contribution in [0, 0.1) is 11.3 Å². The Labute approximate surface area is 111 Å². The second-order valence-corrected chi connectivity index (χ2v) is 4.79. The molecule has 2 amide bonds. The van der Waals surface area contributed by atoms with Crippen LogP contribution in [0.15, 0.2) is 0 Å². The van der Waals surface area contributed by atoms with Crippen LogP contribution in [-0.2, 0) is 9.53 Å². The van der Waals surface area contributed by atoms with Crippen molar-refractivity contribution < 1.29 is 19.4 Å². The van der Waals surface area contributed by atoms with E-state index in [0.717, 1.165) is 12.8 Å². The molecule has 1 aliphatic carbocycles. The van der Waals surface area contributed by atoms with Gasteiger partial charge in [-0.1, -0.05) is 0 Å². The molecule has 104 valence electrons. The maximum atomic E-state index is 12.3. The molecular formula is C12H17N3O4. The Morgan fingerprint density at radius 1 is 1.47 bits per heavy atom. The molecule has 1 heterocycles. The van der Waals surface area contributed by atoms with Crippen LogP contribution in [-0.4, -0.2) is 65.3 Å². The first-order chi connectivity index (χ1) is 9.11. The first-order valence-corrected chi connectivity index (χ1v) is 6.40. The van der Waals surface area contributed by atoms with Crippen molar-refractivity contribution in [1.29, 1.82) is 5.26 Å². The van der Waals surface area contributed by atoms with Gasteiger partial charge in [-0.3, -0.25) is 4.79 Å². The lowest BCUT2D eigenvalue weighted by atomic mass is 10.3. The molecule has 0 spiro atoms. The molecule has 1 N–H and O–H groups in total. The van der Waals surface area contributed by atoms with Crippen LogP contribution in [0.3, 0.4) is 0 Å². The van der Waals surface area contributed by atoms with Crippen molar-refractivity contribution in [2.75, 3.05) is 26.2 Å². The molecular weight excluding hydrogens is 250 g/mol. The summed E-state index contributed by atoms with van der Waals surface area (Å²) in [6.45, 7) is 1.29. The number of carbonyl (C=O) groups is 2. The van der Waals surface area contributed by atoms with Crippen LogP contribution in [0.4, 0.5) is 4.79 Å². The van der Waals surface area contributed by atoms with Gasteiger partial charge in [0.15, 0.2) is 6.10 Å². The number of hydrogen-bond donors (Lipinski definition) is 1. The number of carboxylic acids is 1. The number of carbonyl (C=O) groups excluding carboxylic acids is 1. The zero-order valence-corrected chi connectivity index (χ0v) is 10.6. The van der Waals surface area contributed by atoms with E-state index in [1.165, 1.54) is 0 Å². The number of hydrogen-bond acceptors (Lipinski definition) is 4. The highest BCUT2D eigenvalue weighted by molar-refractivity contribution is 5.76. The number of aliphatic carboxylic acids is 1. The molecule has 7 heteroatoms. The Morgan fingerprint density at radius 2 is 2.21 bits per heavy atom. The number of ether oxygens (including phenoxy) is 1. The predicted octanol–water partition coefficient (Wildman–Crippen LogP) is 0.270. The van der Waals surface area contributed by atoms with Crippen LogP contribution in [0.5, 0.6) is 0 Å². The minimum absolute atomic E-state index is 0.0474. The summed E-state index contributed by atoms with van der Waals surface area (Å²) < 4.78 is 5.19. The summed E-state index contributed by atoms with van der Waals surface area (Å²) >= 11 is 0. The number of amides is 2. The van der Waals surface area contributed by atoms with Gasteiger partial charge in [-0.05, 0) is 12.8 Å². The van der Waals surface area contributed by atoms with Gasteiger partial charge in [0.1, 0.15) is 0 Å². The summed E-state index contributed by atoms with van der Waals surface area (Å²) in [5.74, 6) is -0.907. The monoisotopic (exact) mass is 267 g/mol. The first kappa shape index (κ1) is 13.6. The van der Waals surface area contributed by atoms with Crippen LogP contribution in [0.1, 0.15) is 19.3 Å². The Morgan fingerprint density at radius 3 is 2.79 bits per heavy atom. The highest BCUT2D eigenvalue weighted by Gasteiger charge is 2.36. The second-order valence-electron chi connectivity index (χ2n) is 4.79. The number of urea groups is 1. The zero-order chi connectivity index (χ0) is 13.8. The van der Waals surface area contributed by atoms with Crippen molar-refractivity contribution in [2.24, 2.45) is 0 Å². The molecule has 7 nitrogen and oxygen atoms in total. The van der Waals surface area contributed by atoms with Gasteiger partial charge in [0, 0.05) is 19.1 Å². The molecule has 0 aromatic heterocycles. The average molecular weight is 267 g/mol. The third-order valence-electron chi connectivity index (χ3n) is 3.28. The molecule has 1 atom stereocenters. The summed E-state index contributed by atoms with van der Waals surface area (Å²) in [6, 6.07) is 1.98. The van der Waals surface area contributed by atoms with Crippen molar-refractivity contribution in [3.8, 4) is 6.07 Å². The fraction of sp³-hybridized carbons (Fsp3) is 0.750. The lowest BCUT2D eigenvalue weighted by Gasteiger charge is -2.34. The van der Waals surface area contributed by atoms with E-state index in [1.807, 2.05) is 6.07 Å². The van der Waals surface area contributed by atoms with Crippen LogP contribution in [0.25, 0.3) is 0 Å². The van der Waals surface area contributed by atoms with E-state index < -0.39 is 12.1 Å². The molecule has 1 aliphatic heterocycles. The molecule has 2 rings (SSSR count). The third kappa shape index (κ3) is 3.58. The molecule has 0 aromatic rings. The maximum Gasteiger partial charge on any atom is 0.320 e. The minimum Gasteiger partial charge on any atom is -0.481 e. The lowest BCUT2D eigenvalue weighted by Crippen LogP contribution is -2.51. The predicted molar refractivity (Wildman–Crippen MR) is 64.3 cm³/mol. The fourth-order valence-corrected chi connectivity index (χ4v) is 2.12. The van der Waals surface area contributed by atoms with E-state index in [9.17, 15) is 9.59 Å². The Balaban J connectivity index is 1.94. The molecule has 0 radical (unpaired) electrons. The first-order valence-electron chi connectivity index (χ1n) is 6.40. The van der Waals surface area contributed by atoms with E-state index in [0.29, 0.717) is 13.2 Å². The molecule has 1 unspecified atom stereocenters. The van der Waals surface area contributed by atoms with Gasteiger partial charge >= 0.3 is 12.0 Å². The topological polar surface area (TPSA) is 93.9 Å². The maximum absolute atomic E-state index is 12.3. The van der Waals surface area contributed by atoms with E-state index in [1.54, 1.807) is 9.80 Å². The molecule has 0 bridgehead atoms. The normalized spacial score (nSPS) is 22.7. The number of carboxylic acid groups (broad SMARTS) is 1. The fourth-order valence-electron chi connectivity index (χ4n) is 2.12. The van der Waals surface area contributed by atoms with Crippen molar-refractivity contribution in [3.63, 3.8) is 0 Å². The molecule has 2 aliphatic rings. The van der Waals surface area contributed by atoms with E-state index >= 15 is 0 Å². The highest BCUT2D eigenvalue weighted by Crippen LogP contribution is 2.28. The van der Waals surface area contributed by atoms with E-state index in [2.05, 4.69) is 0 Å². The average Bonchev–Trinajstić information content (AvgIpc) is 3.23. The molecule has 19 heavy (non-hydrogen) atoms. The van der Waals surface area contributed by atoms with Gasteiger partial charge in [0.05, 0.1) is 25.6 Å². The van der Waals surface area contributed by atoms with E-state index in [-0.39, 0.29) is 31.6 Å². The number of rotatable bonds is 4. The molecule has 1 saturated heterocycles. The number of nitriles is 1. The molecule has 0 aromatic carbocycles. The van der Waals surface area contributed by atoms with Gasteiger partial charge in [0.2, 0.25) is 0 Å². The van der Waals surface area contributed by atoms with Crippen LogP contribution >= 0.6 is 0 Å². The highest BCUT2D eigenvalue weighted by atomic mass is 16.5. The third-order valence-corrected chi connectivity index (χ3v) is 3.28. The summed E-state index contributed by atoms with van der Waals surface area (Å²) in [7, 11) is 0. The summed E-state index contributed by atoms with van der Waals surface area (Å²) in [5, 5.41) is 17.5. The quantitative estimate of drug-likeness (QED) is 0.789. The Hall–Kier alpha value is -1.81. The van der Waals surface area contributed by atoms with Crippen LogP contribution < -0.4 is 0 Å².